The van der Waals surface area contributed by atoms with Crippen LogP contribution in [0.2, 0.25) is 0 Å². The lowest BCUT2D eigenvalue weighted by molar-refractivity contribution is 0.350. The number of aromatic nitrogens is 2. The summed E-state index contributed by atoms with van der Waals surface area (Å²) >= 11 is 0. The molecule has 0 amide bonds. The molecular formula is C13H17N5O. The largest absolute Gasteiger partial charge is 0.493 e. The number of ether oxygens (including phenoxy) is 1. The van der Waals surface area contributed by atoms with E-state index in [4.69, 9.17) is 16.3 Å². The van der Waals surface area contributed by atoms with Crippen molar-refractivity contribution in [3.8, 4) is 5.75 Å². The molecule has 6 nitrogen and oxygen atoms in total. The van der Waals surface area contributed by atoms with Crippen molar-refractivity contribution in [2.24, 2.45) is 12.9 Å². The Labute approximate surface area is 111 Å². The van der Waals surface area contributed by atoms with Gasteiger partial charge >= 0.3 is 0 Å². The zero-order chi connectivity index (χ0) is 13.4. The molecule has 1 aliphatic rings. The summed E-state index contributed by atoms with van der Waals surface area (Å²) < 4.78 is 7.35. The van der Waals surface area contributed by atoms with Crippen LogP contribution in [0.3, 0.4) is 0 Å². The second-order valence-corrected chi connectivity index (χ2v) is 4.64. The number of nitrogen functional groups attached to an aromatic ring is 1. The molecule has 6 heteroatoms. The SMILES string of the molecule is Cn1ncc(C(NN)c2cccc3c2OCC3)c1N. The smallest absolute Gasteiger partial charge is 0.127 e. The van der Waals surface area contributed by atoms with Gasteiger partial charge in [-0.25, -0.2) is 5.43 Å². The van der Waals surface area contributed by atoms with Gasteiger partial charge < -0.3 is 10.5 Å². The molecule has 1 unspecified atom stereocenters. The zero-order valence-corrected chi connectivity index (χ0v) is 10.8. The molecule has 100 valence electrons. The topological polar surface area (TPSA) is 91.1 Å². The number of hydrogen-bond donors (Lipinski definition) is 3. The highest BCUT2D eigenvalue weighted by atomic mass is 16.5. The van der Waals surface area contributed by atoms with E-state index < -0.39 is 0 Å². The van der Waals surface area contributed by atoms with Gasteiger partial charge in [-0.15, -0.1) is 0 Å². The summed E-state index contributed by atoms with van der Waals surface area (Å²) in [5.74, 6) is 7.22. The number of fused-ring (bicyclic) bond motifs is 1. The monoisotopic (exact) mass is 259 g/mol. The van der Waals surface area contributed by atoms with Crippen LogP contribution in [-0.2, 0) is 13.5 Å². The van der Waals surface area contributed by atoms with Crippen molar-refractivity contribution in [2.45, 2.75) is 12.5 Å². The van der Waals surface area contributed by atoms with Gasteiger partial charge in [0.25, 0.3) is 0 Å². The van der Waals surface area contributed by atoms with Crippen LogP contribution >= 0.6 is 0 Å². The van der Waals surface area contributed by atoms with Crippen molar-refractivity contribution in [3.05, 3.63) is 41.1 Å². The second-order valence-electron chi connectivity index (χ2n) is 4.64. The zero-order valence-electron chi connectivity index (χ0n) is 10.8. The van der Waals surface area contributed by atoms with E-state index in [9.17, 15) is 0 Å². The highest BCUT2D eigenvalue weighted by Gasteiger charge is 2.25. The van der Waals surface area contributed by atoms with Gasteiger partial charge in [-0.1, -0.05) is 18.2 Å². The standard InChI is InChI=1S/C13H17N5O/c1-18-13(14)10(7-16-18)11(17-15)9-4-2-3-8-5-6-19-12(8)9/h2-4,7,11,17H,5-6,14-15H2,1H3. The van der Waals surface area contributed by atoms with E-state index >= 15 is 0 Å². The molecule has 3 rings (SSSR count). The average Bonchev–Trinajstić information content (AvgIpc) is 3.01. The first-order valence-electron chi connectivity index (χ1n) is 6.20. The Morgan fingerprint density at radius 2 is 2.26 bits per heavy atom. The van der Waals surface area contributed by atoms with Crippen LogP contribution in [0.1, 0.15) is 22.7 Å². The molecule has 5 N–H and O–H groups in total. The van der Waals surface area contributed by atoms with Gasteiger partial charge in [-0.3, -0.25) is 10.5 Å². The predicted octanol–water partition coefficient (Wildman–Crippen LogP) is 0.490. The van der Waals surface area contributed by atoms with Crippen molar-refractivity contribution >= 4 is 5.82 Å². The number of nitrogens with one attached hydrogen (secondary N) is 1. The molecule has 0 saturated heterocycles. The fourth-order valence-corrected chi connectivity index (χ4v) is 2.50. The summed E-state index contributed by atoms with van der Waals surface area (Å²) in [6.45, 7) is 0.714. The summed E-state index contributed by atoms with van der Waals surface area (Å²) in [6.07, 6.45) is 2.66. The van der Waals surface area contributed by atoms with Gasteiger partial charge in [0.05, 0.1) is 18.8 Å². The Kier molecular flexibility index (Phi) is 2.88. The van der Waals surface area contributed by atoms with Crippen LogP contribution in [0.25, 0.3) is 0 Å². The van der Waals surface area contributed by atoms with E-state index in [1.807, 2.05) is 12.1 Å². The Balaban J connectivity index is 2.09. The number of para-hydroxylation sites is 1. The molecule has 0 spiro atoms. The number of nitrogens with zero attached hydrogens (tertiary/aromatic N) is 2. The van der Waals surface area contributed by atoms with E-state index in [0.29, 0.717) is 12.4 Å². The first-order chi connectivity index (χ1) is 9.22. The van der Waals surface area contributed by atoms with Gasteiger partial charge in [0.1, 0.15) is 11.6 Å². The molecule has 0 fully saturated rings. The highest BCUT2D eigenvalue weighted by Crippen LogP contribution is 2.37. The molecule has 1 aromatic carbocycles. The molecule has 1 aromatic heterocycles. The lowest BCUT2D eigenvalue weighted by atomic mass is 9.98. The number of hydrogen-bond acceptors (Lipinski definition) is 5. The second kappa shape index (κ2) is 4.56. The van der Waals surface area contributed by atoms with Crippen molar-refractivity contribution in [1.82, 2.24) is 15.2 Å². The van der Waals surface area contributed by atoms with Gasteiger partial charge in [-0.05, 0) is 5.56 Å². The lowest BCUT2D eigenvalue weighted by Gasteiger charge is -2.18. The Morgan fingerprint density at radius 3 is 2.95 bits per heavy atom. The van der Waals surface area contributed by atoms with Crippen LogP contribution in [0, 0.1) is 0 Å². The van der Waals surface area contributed by atoms with Gasteiger partial charge in [0, 0.05) is 24.6 Å². The maximum atomic E-state index is 6.03. The highest BCUT2D eigenvalue weighted by molar-refractivity contribution is 5.52. The van der Waals surface area contributed by atoms with Gasteiger partial charge in [0.2, 0.25) is 0 Å². The molecule has 0 aliphatic carbocycles. The van der Waals surface area contributed by atoms with Crippen LogP contribution < -0.4 is 21.7 Å². The fourth-order valence-electron chi connectivity index (χ4n) is 2.50. The van der Waals surface area contributed by atoms with Crippen LogP contribution in [0.5, 0.6) is 5.75 Å². The normalized spacial score (nSPS) is 15.1. The number of rotatable bonds is 3. The molecule has 0 saturated carbocycles. The summed E-state index contributed by atoms with van der Waals surface area (Å²) in [6, 6.07) is 5.87. The van der Waals surface area contributed by atoms with E-state index in [-0.39, 0.29) is 6.04 Å². The van der Waals surface area contributed by atoms with Gasteiger partial charge in [-0.2, -0.15) is 5.10 Å². The summed E-state index contributed by atoms with van der Waals surface area (Å²) in [7, 11) is 1.80. The van der Waals surface area contributed by atoms with Crippen molar-refractivity contribution in [2.75, 3.05) is 12.3 Å². The van der Waals surface area contributed by atoms with E-state index in [2.05, 4.69) is 16.6 Å². The Hall–Kier alpha value is -2.05. The van der Waals surface area contributed by atoms with Crippen LogP contribution in [0.4, 0.5) is 5.82 Å². The summed E-state index contributed by atoms with van der Waals surface area (Å²) in [5.41, 5.74) is 11.9. The summed E-state index contributed by atoms with van der Waals surface area (Å²) in [4.78, 5) is 0. The number of nitrogens with two attached hydrogens (primary N) is 2. The van der Waals surface area contributed by atoms with Crippen molar-refractivity contribution < 1.29 is 4.74 Å². The maximum Gasteiger partial charge on any atom is 0.127 e. The van der Waals surface area contributed by atoms with Crippen molar-refractivity contribution in [1.29, 1.82) is 0 Å². The Morgan fingerprint density at radius 1 is 1.42 bits per heavy atom. The van der Waals surface area contributed by atoms with E-state index in [0.717, 1.165) is 23.3 Å². The fraction of sp³-hybridized carbons (Fsp3) is 0.308. The third-order valence-electron chi connectivity index (χ3n) is 3.55. The van der Waals surface area contributed by atoms with Crippen LogP contribution in [0.15, 0.2) is 24.4 Å². The molecule has 2 aromatic rings. The average molecular weight is 259 g/mol. The number of hydrazine groups is 1. The van der Waals surface area contributed by atoms with Gasteiger partial charge in [0.15, 0.2) is 0 Å². The summed E-state index contributed by atoms with van der Waals surface area (Å²) in [5, 5.41) is 4.16. The molecule has 1 atom stereocenters. The first kappa shape index (κ1) is 12.0. The molecule has 19 heavy (non-hydrogen) atoms. The molecule has 1 aliphatic heterocycles. The Bertz CT molecular complexity index is 607. The predicted molar refractivity (Wildman–Crippen MR) is 72.4 cm³/mol. The molecule has 2 heterocycles. The number of aryl methyl sites for hydroxylation is 1. The molecular weight excluding hydrogens is 242 g/mol. The van der Waals surface area contributed by atoms with E-state index in [1.165, 1.54) is 5.56 Å². The maximum absolute atomic E-state index is 6.03. The van der Waals surface area contributed by atoms with Crippen LogP contribution in [-0.4, -0.2) is 16.4 Å². The van der Waals surface area contributed by atoms with E-state index in [1.54, 1.807) is 17.9 Å². The minimum absolute atomic E-state index is 0.221. The lowest BCUT2D eigenvalue weighted by Crippen LogP contribution is -2.29. The van der Waals surface area contributed by atoms with Crippen molar-refractivity contribution in [3.63, 3.8) is 0 Å². The third kappa shape index (κ3) is 1.85. The third-order valence-corrected chi connectivity index (χ3v) is 3.55. The molecule has 0 bridgehead atoms. The number of anilines is 1. The first-order valence-corrected chi connectivity index (χ1v) is 6.20. The minimum Gasteiger partial charge on any atom is -0.493 e. The molecule has 0 radical (unpaired) electrons. The number of benzene rings is 1. The quantitative estimate of drug-likeness (QED) is 0.551. The minimum atomic E-state index is -0.221.